The lowest BCUT2D eigenvalue weighted by Crippen LogP contribution is -2.32. The van der Waals surface area contributed by atoms with Crippen molar-refractivity contribution in [3.63, 3.8) is 0 Å². The number of carbonyl (C=O) groups excluding carboxylic acids is 2. The average molecular weight is 311 g/mol. The summed E-state index contributed by atoms with van der Waals surface area (Å²) in [6.45, 7) is 2.29. The topological polar surface area (TPSA) is 58.2 Å². The van der Waals surface area contributed by atoms with E-state index in [1.807, 2.05) is 24.3 Å². The lowest BCUT2D eigenvalue weighted by atomic mass is 10.2. The van der Waals surface area contributed by atoms with Crippen molar-refractivity contribution >= 4 is 33.8 Å². The fraction of sp³-hybridized carbons (Fsp3) is 0.231. The minimum absolute atomic E-state index is 0.104. The summed E-state index contributed by atoms with van der Waals surface area (Å²) in [4.78, 5) is 22.0. The van der Waals surface area contributed by atoms with E-state index in [0.717, 1.165) is 10.0 Å². The zero-order valence-electron chi connectivity index (χ0n) is 10.1. The van der Waals surface area contributed by atoms with Crippen LogP contribution in [0.2, 0.25) is 0 Å². The number of carbonyl (C=O) groups is 2. The predicted octanol–water partition coefficient (Wildman–Crippen LogP) is 1.71. The molecule has 2 N–H and O–H groups in total. The molecule has 0 aliphatic heterocycles. The largest absolute Gasteiger partial charge is 0.355 e. The van der Waals surface area contributed by atoms with Gasteiger partial charge in [0.1, 0.15) is 0 Å². The summed E-state index contributed by atoms with van der Waals surface area (Å²) in [5.41, 5.74) is 0.939. The Morgan fingerprint density at radius 3 is 2.56 bits per heavy atom. The molecule has 0 aliphatic carbocycles. The highest BCUT2D eigenvalue weighted by Crippen LogP contribution is 2.16. The smallest absolute Gasteiger partial charge is 0.244 e. The summed E-state index contributed by atoms with van der Waals surface area (Å²) in [6.07, 6.45) is 3.20. The number of rotatable bonds is 5. The van der Waals surface area contributed by atoms with E-state index < -0.39 is 0 Å². The number of benzene rings is 1. The van der Waals surface area contributed by atoms with Gasteiger partial charge in [-0.3, -0.25) is 9.59 Å². The van der Waals surface area contributed by atoms with E-state index in [4.69, 9.17) is 0 Å². The maximum absolute atomic E-state index is 11.4. The number of nitrogens with one attached hydrogen (secondary N) is 2. The number of hydrogen-bond acceptors (Lipinski definition) is 2. The Morgan fingerprint density at radius 2 is 1.89 bits per heavy atom. The van der Waals surface area contributed by atoms with Crippen molar-refractivity contribution in [3.05, 3.63) is 40.4 Å². The quantitative estimate of drug-likeness (QED) is 0.642. The van der Waals surface area contributed by atoms with Crippen LogP contribution in [0.1, 0.15) is 12.5 Å². The summed E-state index contributed by atoms with van der Waals surface area (Å²) in [7, 11) is 0. The number of amides is 2. The van der Waals surface area contributed by atoms with Crippen LogP contribution in [0, 0.1) is 0 Å². The van der Waals surface area contributed by atoms with Crippen molar-refractivity contribution < 1.29 is 9.59 Å². The van der Waals surface area contributed by atoms with E-state index in [1.165, 1.54) is 13.0 Å². The lowest BCUT2D eigenvalue weighted by Gasteiger charge is -2.02. The Bertz CT molecular complexity index is 458. The first kappa shape index (κ1) is 14.4. The van der Waals surface area contributed by atoms with Crippen molar-refractivity contribution in [2.24, 2.45) is 0 Å². The van der Waals surface area contributed by atoms with Gasteiger partial charge in [-0.25, -0.2) is 0 Å². The van der Waals surface area contributed by atoms with Crippen LogP contribution in [0.5, 0.6) is 0 Å². The maximum atomic E-state index is 11.4. The minimum Gasteiger partial charge on any atom is -0.355 e. The molecule has 18 heavy (non-hydrogen) atoms. The van der Waals surface area contributed by atoms with E-state index in [-0.39, 0.29) is 11.8 Å². The summed E-state index contributed by atoms with van der Waals surface area (Å²) in [6, 6.07) is 7.63. The molecule has 0 heterocycles. The molecule has 1 aromatic carbocycles. The molecule has 0 saturated carbocycles. The van der Waals surface area contributed by atoms with E-state index >= 15 is 0 Å². The van der Waals surface area contributed by atoms with Crippen LogP contribution < -0.4 is 10.6 Å². The van der Waals surface area contributed by atoms with Gasteiger partial charge in [-0.15, -0.1) is 0 Å². The first-order valence-electron chi connectivity index (χ1n) is 5.54. The molecule has 0 spiro atoms. The van der Waals surface area contributed by atoms with Gasteiger partial charge in [-0.2, -0.15) is 0 Å². The molecule has 0 aliphatic rings. The fourth-order valence-corrected chi connectivity index (χ4v) is 1.68. The highest BCUT2D eigenvalue weighted by atomic mass is 79.9. The Morgan fingerprint density at radius 1 is 1.22 bits per heavy atom. The van der Waals surface area contributed by atoms with Gasteiger partial charge < -0.3 is 10.6 Å². The van der Waals surface area contributed by atoms with E-state index in [0.29, 0.717) is 13.1 Å². The van der Waals surface area contributed by atoms with Crippen LogP contribution in [0.3, 0.4) is 0 Å². The molecule has 1 rings (SSSR count). The van der Waals surface area contributed by atoms with Crippen LogP contribution in [0.25, 0.3) is 6.08 Å². The lowest BCUT2D eigenvalue weighted by molar-refractivity contribution is -0.119. The molecule has 0 unspecified atom stereocenters. The van der Waals surface area contributed by atoms with Crippen molar-refractivity contribution in [3.8, 4) is 0 Å². The van der Waals surface area contributed by atoms with Crippen molar-refractivity contribution in [1.82, 2.24) is 10.6 Å². The van der Waals surface area contributed by atoms with Gasteiger partial charge in [0, 0.05) is 30.6 Å². The normalized spacial score (nSPS) is 10.3. The zero-order chi connectivity index (χ0) is 13.4. The minimum atomic E-state index is -0.184. The van der Waals surface area contributed by atoms with Gasteiger partial charge in [0.05, 0.1) is 0 Å². The Kier molecular flexibility index (Phi) is 6.14. The standard InChI is InChI=1S/C13H15BrN2O2/c1-10(17)15-8-9-16-13(18)7-6-11-4-2-3-5-12(11)14/h2-7H,8-9H2,1H3,(H,15,17)(H,16,18). The summed E-state index contributed by atoms with van der Waals surface area (Å²) < 4.78 is 0.937. The molecule has 0 aromatic heterocycles. The van der Waals surface area contributed by atoms with Gasteiger partial charge in [-0.1, -0.05) is 34.1 Å². The summed E-state index contributed by atoms with van der Waals surface area (Å²) in [5, 5.41) is 5.27. The predicted molar refractivity (Wildman–Crippen MR) is 74.9 cm³/mol. The Balaban J connectivity index is 2.36. The molecule has 96 valence electrons. The van der Waals surface area contributed by atoms with Crippen molar-refractivity contribution in [2.45, 2.75) is 6.92 Å². The van der Waals surface area contributed by atoms with Crippen molar-refractivity contribution in [1.29, 1.82) is 0 Å². The molecule has 0 radical (unpaired) electrons. The Hall–Kier alpha value is -1.62. The second-order valence-electron chi connectivity index (χ2n) is 3.63. The van der Waals surface area contributed by atoms with E-state index in [2.05, 4.69) is 26.6 Å². The zero-order valence-corrected chi connectivity index (χ0v) is 11.7. The number of halogens is 1. The molecule has 4 nitrogen and oxygen atoms in total. The third-order valence-electron chi connectivity index (χ3n) is 2.12. The molecule has 0 saturated heterocycles. The summed E-state index contributed by atoms with van der Waals surface area (Å²) >= 11 is 3.40. The Labute approximate surface area is 115 Å². The highest BCUT2D eigenvalue weighted by Gasteiger charge is 1.97. The second kappa shape index (κ2) is 7.66. The van der Waals surface area contributed by atoms with Crippen LogP contribution in [-0.4, -0.2) is 24.9 Å². The average Bonchev–Trinajstić information content (AvgIpc) is 2.33. The molecule has 0 fully saturated rings. The molecule has 0 bridgehead atoms. The van der Waals surface area contributed by atoms with Crippen LogP contribution in [-0.2, 0) is 9.59 Å². The number of hydrogen-bond donors (Lipinski definition) is 2. The van der Waals surface area contributed by atoms with Gasteiger partial charge in [0.15, 0.2) is 0 Å². The van der Waals surface area contributed by atoms with Gasteiger partial charge in [0.25, 0.3) is 0 Å². The molecule has 1 aromatic rings. The van der Waals surface area contributed by atoms with Gasteiger partial charge >= 0.3 is 0 Å². The molecule has 0 atom stereocenters. The first-order valence-corrected chi connectivity index (χ1v) is 6.34. The molecule has 5 heteroatoms. The van der Waals surface area contributed by atoms with Crippen LogP contribution >= 0.6 is 15.9 Å². The third kappa shape index (κ3) is 5.63. The van der Waals surface area contributed by atoms with E-state index in [1.54, 1.807) is 6.08 Å². The molecular formula is C13H15BrN2O2. The second-order valence-corrected chi connectivity index (χ2v) is 4.48. The molecular weight excluding hydrogens is 296 g/mol. The maximum Gasteiger partial charge on any atom is 0.244 e. The summed E-state index contributed by atoms with van der Waals surface area (Å²) in [5.74, 6) is -0.288. The SMILES string of the molecule is CC(=O)NCCNC(=O)C=Cc1ccccc1Br. The van der Waals surface area contributed by atoms with Crippen molar-refractivity contribution in [2.75, 3.05) is 13.1 Å². The van der Waals surface area contributed by atoms with Crippen LogP contribution in [0.15, 0.2) is 34.8 Å². The van der Waals surface area contributed by atoms with Crippen LogP contribution in [0.4, 0.5) is 0 Å². The van der Waals surface area contributed by atoms with E-state index in [9.17, 15) is 9.59 Å². The third-order valence-corrected chi connectivity index (χ3v) is 2.84. The highest BCUT2D eigenvalue weighted by molar-refractivity contribution is 9.10. The first-order chi connectivity index (χ1) is 8.59. The molecule has 2 amide bonds. The van der Waals surface area contributed by atoms with Gasteiger partial charge in [-0.05, 0) is 17.7 Å². The van der Waals surface area contributed by atoms with Gasteiger partial charge in [0.2, 0.25) is 11.8 Å². The monoisotopic (exact) mass is 310 g/mol. The fourth-order valence-electron chi connectivity index (χ4n) is 1.26.